The summed E-state index contributed by atoms with van der Waals surface area (Å²) < 4.78 is 13.2. The van der Waals surface area contributed by atoms with Crippen molar-refractivity contribution >= 4 is 27.3 Å². The lowest BCUT2D eigenvalue weighted by Gasteiger charge is -2.04. The number of anilines is 1. The van der Waals surface area contributed by atoms with Crippen LogP contribution in [0.15, 0.2) is 16.6 Å². The zero-order chi connectivity index (χ0) is 9.30. The smallest absolute Gasteiger partial charge is 0.138 e. The van der Waals surface area contributed by atoms with Crippen LogP contribution in [0.1, 0.15) is 12.5 Å². The molecule has 0 spiro atoms. The van der Waals surface area contributed by atoms with Gasteiger partial charge in [-0.25, -0.2) is 4.39 Å². The summed E-state index contributed by atoms with van der Waals surface area (Å²) in [7, 11) is 0. The molecule has 0 unspecified atom stereocenters. The molecule has 2 nitrogen and oxygen atoms in total. The van der Waals surface area contributed by atoms with E-state index in [0.717, 1.165) is 0 Å². The summed E-state index contributed by atoms with van der Waals surface area (Å²) in [5, 5.41) is 7.28. The van der Waals surface area contributed by atoms with Gasteiger partial charge in [-0.2, -0.15) is 0 Å². The van der Waals surface area contributed by atoms with Crippen molar-refractivity contribution < 1.29 is 4.39 Å². The van der Waals surface area contributed by atoms with Crippen LogP contribution in [0.2, 0.25) is 0 Å². The van der Waals surface area contributed by atoms with E-state index in [1.165, 1.54) is 12.1 Å². The molecule has 64 valence electrons. The average molecular weight is 231 g/mol. The topological polar surface area (TPSA) is 49.9 Å². The number of hydrogen-bond donors (Lipinski definition) is 2. The number of rotatable bonds is 1. The maximum Gasteiger partial charge on any atom is 0.138 e. The van der Waals surface area contributed by atoms with Crippen LogP contribution in [0.3, 0.4) is 0 Å². The van der Waals surface area contributed by atoms with Gasteiger partial charge in [0.25, 0.3) is 0 Å². The van der Waals surface area contributed by atoms with E-state index in [4.69, 9.17) is 11.1 Å². The minimum absolute atomic E-state index is 0.263. The molecule has 1 aromatic carbocycles. The first-order chi connectivity index (χ1) is 5.52. The lowest BCUT2D eigenvalue weighted by molar-refractivity contribution is 0.621. The highest BCUT2D eigenvalue weighted by atomic mass is 79.9. The van der Waals surface area contributed by atoms with Crippen LogP contribution < -0.4 is 5.73 Å². The third kappa shape index (κ3) is 1.64. The monoisotopic (exact) mass is 230 g/mol. The Balaban J connectivity index is 3.33. The third-order valence-electron chi connectivity index (χ3n) is 1.50. The first-order valence-corrected chi connectivity index (χ1v) is 4.11. The van der Waals surface area contributed by atoms with E-state index >= 15 is 0 Å². The number of halogens is 2. The zero-order valence-corrected chi connectivity index (χ0v) is 8.07. The van der Waals surface area contributed by atoms with Crippen LogP contribution in [0.5, 0.6) is 0 Å². The van der Waals surface area contributed by atoms with E-state index < -0.39 is 5.82 Å². The van der Waals surface area contributed by atoms with Crippen LogP contribution in [-0.4, -0.2) is 5.71 Å². The quantitative estimate of drug-likeness (QED) is 0.566. The molecule has 3 N–H and O–H groups in total. The molecule has 0 aliphatic rings. The zero-order valence-electron chi connectivity index (χ0n) is 6.49. The molecule has 0 atom stereocenters. The fourth-order valence-electron chi connectivity index (χ4n) is 0.887. The van der Waals surface area contributed by atoms with Crippen LogP contribution in [0.4, 0.5) is 10.1 Å². The van der Waals surface area contributed by atoms with Gasteiger partial charge >= 0.3 is 0 Å². The first-order valence-electron chi connectivity index (χ1n) is 3.32. The van der Waals surface area contributed by atoms with Gasteiger partial charge in [0.05, 0.1) is 4.47 Å². The summed E-state index contributed by atoms with van der Waals surface area (Å²) in [5.74, 6) is -0.397. The maximum atomic E-state index is 12.9. The molecule has 0 saturated heterocycles. The molecule has 4 heteroatoms. The summed E-state index contributed by atoms with van der Waals surface area (Å²) >= 11 is 3.00. The Hall–Kier alpha value is -0.900. The van der Waals surface area contributed by atoms with Crippen molar-refractivity contribution in [2.24, 2.45) is 0 Å². The van der Waals surface area contributed by atoms with Crippen LogP contribution in [0.25, 0.3) is 0 Å². The van der Waals surface area contributed by atoms with Crippen molar-refractivity contribution in [2.75, 3.05) is 5.73 Å². The largest absolute Gasteiger partial charge is 0.398 e. The second-order valence-electron chi connectivity index (χ2n) is 2.48. The number of nitrogens with two attached hydrogens (primary N) is 1. The van der Waals surface area contributed by atoms with E-state index in [-0.39, 0.29) is 5.71 Å². The molecule has 0 amide bonds. The number of nitrogen functional groups attached to an aromatic ring is 1. The highest BCUT2D eigenvalue weighted by Gasteiger charge is 2.06. The van der Waals surface area contributed by atoms with Gasteiger partial charge in [-0.15, -0.1) is 0 Å². The van der Waals surface area contributed by atoms with Gasteiger partial charge in [-0.1, -0.05) is 0 Å². The lowest BCUT2D eigenvalue weighted by atomic mass is 10.1. The van der Waals surface area contributed by atoms with Crippen molar-refractivity contribution in [1.29, 1.82) is 5.41 Å². The second-order valence-corrected chi connectivity index (χ2v) is 3.33. The fraction of sp³-hybridized carbons (Fsp3) is 0.125. The second kappa shape index (κ2) is 3.23. The van der Waals surface area contributed by atoms with E-state index in [9.17, 15) is 4.39 Å². The molecule has 0 fully saturated rings. The number of hydrogen-bond acceptors (Lipinski definition) is 2. The Labute approximate surface area is 78.2 Å². The van der Waals surface area contributed by atoms with Crippen LogP contribution >= 0.6 is 15.9 Å². The Morgan fingerprint density at radius 3 is 2.67 bits per heavy atom. The highest BCUT2D eigenvalue weighted by Crippen LogP contribution is 2.22. The molecule has 0 bridgehead atoms. The van der Waals surface area contributed by atoms with Crippen molar-refractivity contribution in [3.05, 3.63) is 28.0 Å². The number of benzene rings is 1. The Morgan fingerprint density at radius 1 is 1.58 bits per heavy atom. The lowest BCUT2D eigenvalue weighted by Crippen LogP contribution is -2.00. The Morgan fingerprint density at radius 2 is 2.17 bits per heavy atom. The van der Waals surface area contributed by atoms with E-state index in [2.05, 4.69) is 15.9 Å². The van der Waals surface area contributed by atoms with E-state index in [1.54, 1.807) is 6.92 Å². The molecule has 0 aromatic heterocycles. The standard InChI is InChI=1S/C8H8BrFN2/c1-4(11)5-2-7(10)6(9)3-8(5)12/h2-3,11H,12H2,1H3. The SMILES string of the molecule is CC(=N)c1cc(F)c(Br)cc1N. The molecule has 0 heterocycles. The van der Waals surface area contributed by atoms with Gasteiger partial charge in [-0.3, -0.25) is 0 Å². The molecule has 0 aliphatic carbocycles. The minimum Gasteiger partial charge on any atom is -0.398 e. The minimum atomic E-state index is -0.397. The van der Waals surface area contributed by atoms with Crippen LogP contribution in [-0.2, 0) is 0 Å². The van der Waals surface area contributed by atoms with Crippen molar-refractivity contribution in [3.8, 4) is 0 Å². The predicted octanol–water partition coefficient (Wildman–Crippen LogP) is 2.56. The maximum absolute atomic E-state index is 12.9. The molecular formula is C8H8BrFN2. The molecule has 1 aromatic rings. The Bertz CT molecular complexity index is 336. The predicted molar refractivity (Wildman–Crippen MR) is 51.0 cm³/mol. The van der Waals surface area contributed by atoms with Crippen molar-refractivity contribution in [2.45, 2.75) is 6.92 Å². The van der Waals surface area contributed by atoms with Crippen molar-refractivity contribution in [3.63, 3.8) is 0 Å². The van der Waals surface area contributed by atoms with Gasteiger partial charge in [-0.05, 0) is 35.0 Å². The molecular weight excluding hydrogens is 223 g/mol. The van der Waals surface area contributed by atoms with Gasteiger partial charge in [0.15, 0.2) is 0 Å². The molecule has 12 heavy (non-hydrogen) atoms. The van der Waals surface area contributed by atoms with Gasteiger partial charge < -0.3 is 11.1 Å². The molecule has 1 rings (SSSR count). The Kier molecular flexibility index (Phi) is 2.47. The van der Waals surface area contributed by atoms with Gasteiger partial charge in [0, 0.05) is 17.0 Å². The summed E-state index contributed by atoms with van der Waals surface area (Å²) in [6.07, 6.45) is 0. The third-order valence-corrected chi connectivity index (χ3v) is 2.10. The number of nitrogens with one attached hydrogen (secondary N) is 1. The highest BCUT2D eigenvalue weighted by molar-refractivity contribution is 9.10. The first kappa shape index (κ1) is 9.19. The van der Waals surface area contributed by atoms with Crippen LogP contribution in [0, 0.1) is 11.2 Å². The summed E-state index contributed by atoms with van der Waals surface area (Å²) in [6.45, 7) is 1.57. The van der Waals surface area contributed by atoms with Gasteiger partial charge in [0.2, 0.25) is 0 Å². The normalized spacial score (nSPS) is 9.92. The summed E-state index contributed by atoms with van der Waals surface area (Å²) in [5.41, 5.74) is 6.67. The van der Waals surface area contributed by atoms with Gasteiger partial charge in [0.1, 0.15) is 5.82 Å². The fourth-order valence-corrected chi connectivity index (χ4v) is 1.25. The van der Waals surface area contributed by atoms with E-state index in [1.807, 2.05) is 0 Å². The van der Waals surface area contributed by atoms with E-state index in [0.29, 0.717) is 15.7 Å². The molecule has 0 aliphatic heterocycles. The molecule has 0 saturated carbocycles. The molecule has 0 radical (unpaired) electrons. The summed E-state index contributed by atoms with van der Waals surface area (Å²) in [4.78, 5) is 0. The average Bonchev–Trinajstić information content (AvgIpc) is 1.96. The van der Waals surface area contributed by atoms with Crippen molar-refractivity contribution in [1.82, 2.24) is 0 Å². The summed E-state index contributed by atoms with van der Waals surface area (Å²) in [6, 6.07) is 2.71.